The maximum Gasteiger partial charge on any atom is 0.243 e. The normalized spacial score (nSPS) is 19.4. The Labute approximate surface area is 140 Å². The van der Waals surface area contributed by atoms with Crippen LogP contribution in [-0.4, -0.2) is 27.3 Å². The molecule has 6 heteroatoms. The molecule has 0 bridgehead atoms. The molecule has 4 rings (SSSR count). The van der Waals surface area contributed by atoms with Crippen LogP contribution in [0, 0.1) is 6.92 Å². The molecular weight excluding hydrogens is 302 g/mol. The van der Waals surface area contributed by atoms with Gasteiger partial charge >= 0.3 is 0 Å². The fourth-order valence-corrected chi connectivity index (χ4v) is 3.33. The maximum atomic E-state index is 5.36. The average Bonchev–Trinajstić information content (AvgIpc) is 3.10. The minimum absolute atomic E-state index is 0.105. The first-order valence-corrected chi connectivity index (χ1v) is 8.00. The van der Waals surface area contributed by atoms with E-state index in [0.717, 1.165) is 12.2 Å². The van der Waals surface area contributed by atoms with Gasteiger partial charge in [0.25, 0.3) is 0 Å². The van der Waals surface area contributed by atoms with Crippen LogP contribution in [0.1, 0.15) is 35.2 Å². The van der Waals surface area contributed by atoms with Crippen molar-refractivity contribution in [3.8, 4) is 5.75 Å². The van der Waals surface area contributed by atoms with E-state index in [4.69, 9.17) is 4.74 Å². The topological polar surface area (TPSA) is 64.9 Å². The largest absolute Gasteiger partial charge is 0.497 e. The van der Waals surface area contributed by atoms with Gasteiger partial charge in [-0.15, -0.1) is 0 Å². The molecule has 1 aromatic heterocycles. The highest BCUT2D eigenvalue weighted by molar-refractivity contribution is 5.41. The molecule has 24 heavy (non-hydrogen) atoms. The first kappa shape index (κ1) is 14.7. The second-order valence-corrected chi connectivity index (χ2v) is 6.03. The average molecular weight is 321 g/mol. The summed E-state index contributed by atoms with van der Waals surface area (Å²) < 4.78 is 7.23. The van der Waals surface area contributed by atoms with Gasteiger partial charge in [0, 0.05) is 0 Å². The Morgan fingerprint density at radius 1 is 1.17 bits per heavy atom. The minimum Gasteiger partial charge on any atom is -0.497 e. The van der Waals surface area contributed by atoms with Gasteiger partial charge in [0.2, 0.25) is 5.95 Å². The van der Waals surface area contributed by atoms with Crippen LogP contribution in [0.4, 0.5) is 5.95 Å². The van der Waals surface area contributed by atoms with E-state index in [0.29, 0.717) is 5.95 Å². The summed E-state index contributed by atoms with van der Waals surface area (Å²) in [5.41, 5.74) is 3.66. The lowest BCUT2D eigenvalue weighted by atomic mass is 9.91. The van der Waals surface area contributed by atoms with Gasteiger partial charge in [-0.25, -0.2) is 4.68 Å². The molecule has 6 nitrogen and oxygen atoms in total. The fraction of sp³-hybridized carbons (Fsp3) is 0.278. The highest BCUT2D eigenvalue weighted by Gasteiger charge is 2.31. The van der Waals surface area contributed by atoms with E-state index in [9.17, 15) is 0 Å². The summed E-state index contributed by atoms with van der Waals surface area (Å²) in [4.78, 5) is 0. The monoisotopic (exact) mass is 321 g/mol. The van der Waals surface area contributed by atoms with Crippen LogP contribution >= 0.6 is 0 Å². The lowest BCUT2D eigenvalue weighted by molar-refractivity contribution is 0.408. The molecule has 0 saturated carbocycles. The second kappa shape index (κ2) is 5.96. The van der Waals surface area contributed by atoms with Gasteiger partial charge in [0.15, 0.2) is 0 Å². The third-order valence-electron chi connectivity index (χ3n) is 4.59. The van der Waals surface area contributed by atoms with E-state index < -0.39 is 0 Å². The van der Waals surface area contributed by atoms with Crippen molar-refractivity contribution in [1.82, 2.24) is 20.2 Å². The Morgan fingerprint density at radius 2 is 2.04 bits per heavy atom. The molecule has 1 N–H and O–H groups in total. The minimum atomic E-state index is 0.105. The number of nitrogens with zero attached hydrogens (tertiary/aromatic N) is 4. The standard InChI is InChI=1S/C18H19N5O/c1-12-6-3-4-9-15(12)17-11-16(19-18-20-21-22-23(17)18)13-7-5-8-14(10-13)24-2/h3-10,16-17H,11H2,1-2H3,(H,19,20,22). The number of nitrogens with one attached hydrogen (secondary N) is 1. The number of methoxy groups -OCH3 is 1. The predicted molar refractivity (Wildman–Crippen MR) is 91.1 cm³/mol. The van der Waals surface area contributed by atoms with Gasteiger partial charge in [-0.3, -0.25) is 0 Å². The van der Waals surface area contributed by atoms with Crippen molar-refractivity contribution in [2.75, 3.05) is 12.4 Å². The van der Waals surface area contributed by atoms with Crippen LogP contribution in [0.2, 0.25) is 0 Å². The Bertz CT molecular complexity index is 860. The van der Waals surface area contributed by atoms with Crippen LogP contribution in [-0.2, 0) is 0 Å². The summed E-state index contributed by atoms with van der Waals surface area (Å²) in [6, 6.07) is 16.8. The number of benzene rings is 2. The quantitative estimate of drug-likeness (QED) is 0.803. The van der Waals surface area contributed by atoms with Crippen molar-refractivity contribution in [2.45, 2.75) is 25.4 Å². The van der Waals surface area contributed by atoms with Gasteiger partial charge in [-0.05, 0) is 52.6 Å². The molecule has 2 atom stereocenters. The summed E-state index contributed by atoms with van der Waals surface area (Å²) >= 11 is 0. The highest BCUT2D eigenvalue weighted by atomic mass is 16.5. The first-order chi connectivity index (χ1) is 11.8. The summed E-state index contributed by atoms with van der Waals surface area (Å²) in [5.74, 6) is 1.55. The van der Waals surface area contributed by atoms with Gasteiger partial charge in [0.1, 0.15) is 5.75 Å². The third kappa shape index (κ3) is 2.50. The van der Waals surface area contributed by atoms with Gasteiger partial charge in [-0.1, -0.05) is 41.5 Å². The number of tetrazole rings is 1. The Hall–Kier alpha value is -2.89. The third-order valence-corrected chi connectivity index (χ3v) is 4.59. The molecule has 0 fully saturated rings. The zero-order valence-corrected chi connectivity index (χ0v) is 13.7. The predicted octanol–water partition coefficient (Wildman–Crippen LogP) is 3.14. The van der Waals surface area contributed by atoms with Crippen LogP contribution in [0.5, 0.6) is 5.75 Å². The molecule has 2 unspecified atom stereocenters. The van der Waals surface area contributed by atoms with E-state index in [-0.39, 0.29) is 12.1 Å². The van der Waals surface area contributed by atoms with Crippen LogP contribution in [0.25, 0.3) is 0 Å². The molecule has 0 aliphatic carbocycles. The van der Waals surface area contributed by atoms with E-state index in [1.165, 1.54) is 16.7 Å². The van der Waals surface area contributed by atoms with Crippen molar-refractivity contribution in [1.29, 1.82) is 0 Å². The zero-order chi connectivity index (χ0) is 16.5. The molecule has 0 spiro atoms. The maximum absolute atomic E-state index is 5.36. The number of aryl methyl sites for hydroxylation is 1. The zero-order valence-electron chi connectivity index (χ0n) is 13.7. The molecule has 0 radical (unpaired) electrons. The number of ether oxygens (including phenoxy) is 1. The van der Waals surface area contributed by atoms with Crippen molar-refractivity contribution in [3.05, 3.63) is 65.2 Å². The van der Waals surface area contributed by atoms with Crippen molar-refractivity contribution >= 4 is 5.95 Å². The molecule has 1 aliphatic heterocycles. The number of aromatic nitrogens is 4. The summed E-state index contributed by atoms with van der Waals surface area (Å²) in [6.07, 6.45) is 0.871. The lowest BCUT2D eigenvalue weighted by Crippen LogP contribution is -2.28. The fourth-order valence-electron chi connectivity index (χ4n) is 3.33. The Morgan fingerprint density at radius 3 is 2.88 bits per heavy atom. The van der Waals surface area contributed by atoms with Crippen LogP contribution in [0.15, 0.2) is 48.5 Å². The molecule has 0 amide bonds. The number of hydrogen-bond acceptors (Lipinski definition) is 5. The van der Waals surface area contributed by atoms with Crippen LogP contribution in [0.3, 0.4) is 0 Å². The lowest BCUT2D eigenvalue weighted by Gasteiger charge is -2.31. The molecule has 0 saturated heterocycles. The van der Waals surface area contributed by atoms with Crippen molar-refractivity contribution in [3.63, 3.8) is 0 Å². The first-order valence-electron chi connectivity index (χ1n) is 8.00. The summed E-state index contributed by atoms with van der Waals surface area (Å²) in [5, 5.41) is 15.6. The van der Waals surface area contributed by atoms with E-state index >= 15 is 0 Å². The summed E-state index contributed by atoms with van der Waals surface area (Å²) in [7, 11) is 1.68. The van der Waals surface area contributed by atoms with Gasteiger partial charge in [0.05, 0.1) is 19.2 Å². The molecule has 122 valence electrons. The number of fused-ring (bicyclic) bond motifs is 1. The summed E-state index contributed by atoms with van der Waals surface area (Å²) in [6.45, 7) is 2.13. The molecule has 3 aromatic rings. The van der Waals surface area contributed by atoms with Gasteiger partial charge in [-0.2, -0.15) is 0 Å². The smallest absolute Gasteiger partial charge is 0.243 e. The Kier molecular flexibility index (Phi) is 3.65. The Balaban J connectivity index is 1.75. The van der Waals surface area contributed by atoms with Crippen molar-refractivity contribution < 1.29 is 4.74 Å². The molecule has 2 heterocycles. The molecule has 2 aromatic carbocycles. The SMILES string of the molecule is COc1cccc(C2CC(c3ccccc3C)n3nnnc3N2)c1. The van der Waals surface area contributed by atoms with E-state index in [1.54, 1.807) is 7.11 Å². The number of anilines is 1. The number of rotatable bonds is 3. The molecular formula is C18H19N5O. The van der Waals surface area contributed by atoms with Crippen LogP contribution < -0.4 is 10.1 Å². The van der Waals surface area contributed by atoms with E-state index in [1.807, 2.05) is 16.8 Å². The van der Waals surface area contributed by atoms with Gasteiger partial charge < -0.3 is 10.1 Å². The van der Waals surface area contributed by atoms with E-state index in [2.05, 4.69) is 64.2 Å². The second-order valence-electron chi connectivity index (χ2n) is 6.03. The number of hydrogen-bond donors (Lipinski definition) is 1. The molecule has 1 aliphatic rings. The van der Waals surface area contributed by atoms with Crippen molar-refractivity contribution in [2.24, 2.45) is 0 Å². The highest BCUT2D eigenvalue weighted by Crippen LogP contribution is 2.38.